The Labute approximate surface area is 162 Å². The molecule has 0 rings (SSSR count). The third-order valence-electron chi connectivity index (χ3n) is 4.13. The van der Waals surface area contributed by atoms with Crippen molar-refractivity contribution in [1.82, 2.24) is 0 Å². The second-order valence-corrected chi connectivity index (χ2v) is 6.94. The fourth-order valence-corrected chi connectivity index (χ4v) is 2.44. The predicted octanol–water partition coefficient (Wildman–Crippen LogP) is 5.56. The molecule has 26 heavy (non-hydrogen) atoms. The number of carbonyl (C=O) groups is 1. The molecule has 1 unspecified atom stereocenters. The molecule has 0 radical (unpaired) electrons. The maximum atomic E-state index is 10.9. The average Bonchev–Trinajstić information content (AvgIpc) is 2.65. The molecule has 4 heteroatoms. The Balaban J connectivity index is 0. The van der Waals surface area contributed by atoms with E-state index >= 15 is 0 Å². The van der Waals surface area contributed by atoms with Crippen molar-refractivity contribution in [3.63, 3.8) is 0 Å². The quantitative estimate of drug-likeness (QED) is 0.211. The van der Waals surface area contributed by atoms with Crippen LogP contribution in [0.4, 0.5) is 0 Å². The standard InChI is InChI=1S/C19H36O2.C3H8O2/c1-3-4-5-6-7-8-9-10-11-12-13-14-15-16-17-18-19(20)21-2;1-3(5)2-4/h10-11H,3-9,12-18H2,1-2H3;3-5H,2H2,1H3. The number of esters is 1. The second kappa shape index (κ2) is 24.1. The van der Waals surface area contributed by atoms with Crippen LogP contribution in [-0.4, -0.2) is 36.0 Å². The first kappa shape index (κ1) is 27.3. The van der Waals surface area contributed by atoms with E-state index in [9.17, 15) is 4.79 Å². The van der Waals surface area contributed by atoms with E-state index < -0.39 is 6.10 Å². The van der Waals surface area contributed by atoms with Gasteiger partial charge in [0, 0.05) is 6.42 Å². The van der Waals surface area contributed by atoms with E-state index in [2.05, 4.69) is 23.8 Å². The highest BCUT2D eigenvalue weighted by Crippen LogP contribution is 2.10. The summed E-state index contributed by atoms with van der Waals surface area (Å²) < 4.78 is 4.62. The topological polar surface area (TPSA) is 66.8 Å². The van der Waals surface area contributed by atoms with Gasteiger partial charge in [-0.05, 0) is 39.0 Å². The van der Waals surface area contributed by atoms with Crippen LogP contribution in [0.1, 0.15) is 104 Å². The zero-order valence-corrected chi connectivity index (χ0v) is 17.5. The zero-order chi connectivity index (χ0) is 19.9. The summed E-state index contributed by atoms with van der Waals surface area (Å²) in [5.74, 6) is -0.0763. The minimum atomic E-state index is -0.560. The summed E-state index contributed by atoms with van der Waals surface area (Å²) in [6.45, 7) is 3.65. The van der Waals surface area contributed by atoms with E-state index in [4.69, 9.17) is 10.2 Å². The van der Waals surface area contributed by atoms with Crippen molar-refractivity contribution in [1.29, 1.82) is 0 Å². The van der Waals surface area contributed by atoms with Crippen molar-refractivity contribution in [2.45, 2.75) is 110 Å². The monoisotopic (exact) mass is 372 g/mol. The molecule has 4 nitrogen and oxygen atoms in total. The Morgan fingerprint density at radius 2 is 1.31 bits per heavy atom. The normalized spacial score (nSPS) is 11.9. The lowest BCUT2D eigenvalue weighted by Crippen LogP contribution is -2.03. The number of aliphatic hydroxyl groups is 2. The molecule has 0 saturated heterocycles. The summed E-state index contributed by atoms with van der Waals surface area (Å²) in [4.78, 5) is 10.9. The van der Waals surface area contributed by atoms with Gasteiger partial charge in [-0.2, -0.15) is 0 Å². The van der Waals surface area contributed by atoms with Crippen LogP contribution in [0.5, 0.6) is 0 Å². The van der Waals surface area contributed by atoms with Gasteiger partial charge in [0.1, 0.15) is 0 Å². The van der Waals surface area contributed by atoms with Crippen molar-refractivity contribution >= 4 is 5.97 Å². The molecular formula is C22H44O4. The molecular weight excluding hydrogens is 328 g/mol. The molecule has 1 atom stereocenters. The largest absolute Gasteiger partial charge is 0.469 e. The van der Waals surface area contributed by atoms with Crippen LogP contribution in [0.2, 0.25) is 0 Å². The van der Waals surface area contributed by atoms with Gasteiger partial charge in [0.25, 0.3) is 0 Å². The Kier molecular flexibility index (Phi) is 25.4. The number of hydrogen-bond acceptors (Lipinski definition) is 4. The minimum Gasteiger partial charge on any atom is -0.469 e. The van der Waals surface area contributed by atoms with Crippen LogP contribution in [-0.2, 0) is 9.53 Å². The molecule has 0 aromatic carbocycles. The maximum absolute atomic E-state index is 10.9. The van der Waals surface area contributed by atoms with Crippen LogP contribution in [0.25, 0.3) is 0 Å². The molecule has 0 amide bonds. The van der Waals surface area contributed by atoms with Gasteiger partial charge in [0.05, 0.1) is 19.8 Å². The lowest BCUT2D eigenvalue weighted by atomic mass is 10.1. The van der Waals surface area contributed by atoms with Crippen LogP contribution in [0, 0.1) is 0 Å². The first-order valence-corrected chi connectivity index (χ1v) is 10.6. The number of aliphatic hydroxyl groups excluding tert-OH is 2. The number of unbranched alkanes of at least 4 members (excludes halogenated alkanes) is 11. The summed E-state index contributed by atoms with van der Waals surface area (Å²) in [7, 11) is 1.46. The SMILES string of the molecule is CC(O)CO.CCCCCCCCC=CCCCCCCCC(=O)OC. The molecule has 0 aliphatic heterocycles. The van der Waals surface area contributed by atoms with Gasteiger partial charge in [-0.3, -0.25) is 4.79 Å². The van der Waals surface area contributed by atoms with Crippen LogP contribution in [0.3, 0.4) is 0 Å². The summed E-state index contributed by atoms with van der Waals surface area (Å²) in [6, 6.07) is 0. The van der Waals surface area contributed by atoms with E-state index in [1.165, 1.54) is 84.7 Å². The smallest absolute Gasteiger partial charge is 0.305 e. The third kappa shape index (κ3) is 28.0. The highest BCUT2D eigenvalue weighted by Gasteiger charge is 1.98. The van der Waals surface area contributed by atoms with Crippen molar-refractivity contribution < 1.29 is 19.7 Å². The van der Waals surface area contributed by atoms with E-state index in [0.717, 1.165) is 12.8 Å². The fraction of sp³-hybridized carbons (Fsp3) is 0.864. The molecule has 0 aliphatic rings. The first-order chi connectivity index (χ1) is 12.6. The van der Waals surface area contributed by atoms with Gasteiger partial charge in [-0.25, -0.2) is 0 Å². The van der Waals surface area contributed by atoms with Gasteiger partial charge in [0.2, 0.25) is 0 Å². The summed E-state index contributed by atoms with van der Waals surface area (Å²) >= 11 is 0. The molecule has 2 N–H and O–H groups in total. The lowest BCUT2D eigenvalue weighted by molar-refractivity contribution is -0.140. The molecule has 0 bridgehead atoms. The molecule has 156 valence electrons. The van der Waals surface area contributed by atoms with Gasteiger partial charge in [0.15, 0.2) is 0 Å². The van der Waals surface area contributed by atoms with Crippen molar-refractivity contribution in [2.24, 2.45) is 0 Å². The van der Waals surface area contributed by atoms with E-state index in [1.807, 2.05) is 0 Å². The Hall–Kier alpha value is -0.870. The lowest BCUT2D eigenvalue weighted by Gasteiger charge is -2.00. The number of carbonyl (C=O) groups excluding carboxylic acids is 1. The Morgan fingerprint density at radius 1 is 0.885 bits per heavy atom. The van der Waals surface area contributed by atoms with E-state index in [0.29, 0.717) is 6.42 Å². The third-order valence-corrected chi connectivity index (χ3v) is 4.13. The number of hydrogen-bond donors (Lipinski definition) is 2. The van der Waals surface area contributed by atoms with Gasteiger partial charge in [-0.1, -0.05) is 70.4 Å². The zero-order valence-electron chi connectivity index (χ0n) is 17.5. The summed E-state index contributed by atoms with van der Waals surface area (Å²) in [6.07, 6.45) is 21.4. The van der Waals surface area contributed by atoms with E-state index in [1.54, 1.807) is 0 Å². The highest BCUT2D eigenvalue weighted by atomic mass is 16.5. The average molecular weight is 373 g/mol. The number of allylic oxidation sites excluding steroid dienone is 2. The molecule has 0 aromatic heterocycles. The Morgan fingerprint density at radius 3 is 1.73 bits per heavy atom. The van der Waals surface area contributed by atoms with Gasteiger partial charge >= 0.3 is 5.97 Å². The molecule has 0 fully saturated rings. The predicted molar refractivity (Wildman–Crippen MR) is 110 cm³/mol. The molecule has 0 aliphatic carbocycles. The van der Waals surface area contributed by atoms with Crippen LogP contribution in [0.15, 0.2) is 12.2 Å². The van der Waals surface area contributed by atoms with Crippen LogP contribution < -0.4 is 0 Å². The second-order valence-electron chi connectivity index (χ2n) is 6.94. The maximum Gasteiger partial charge on any atom is 0.305 e. The summed E-state index contributed by atoms with van der Waals surface area (Å²) in [5.41, 5.74) is 0. The fourth-order valence-electron chi connectivity index (χ4n) is 2.44. The van der Waals surface area contributed by atoms with Crippen molar-refractivity contribution in [3.05, 3.63) is 12.2 Å². The molecule has 0 spiro atoms. The first-order valence-electron chi connectivity index (χ1n) is 10.6. The van der Waals surface area contributed by atoms with E-state index in [-0.39, 0.29) is 12.6 Å². The highest BCUT2D eigenvalue weighted by molar-refractivity contribution is 5.68. The van der Waals surface area contributed by atoms with Gasteiger partial charge in [-0.15, -0.1) is 0 Å². The number of rotatable bonds is 16. The van der Waals surface area contributed by atoms with Crippen molar-refractivity contribution in [3.8, 4) is 0 Å². The van der Waals surface area contributed by atoms with Crippen LogP contribution >= 0.6 is 0 Å². The number of ether oxygens (including phenoxy) is 1. The minimum absolute atomic E-state index is 0.0763. The number of methoxy groups -OCH3 is 1. The molecule has 0 aromatic rings. The summed E-state index contributed by atoms with van der Waals surface area (Å²) in [5, 5.41) is 16.0. The Bertz CT molecular complexity index is 301. The van der Waals surface area contributed by atoms with Crippen molar-refractivity contribution in [2.75, 3.05) is 13.7 Å². The van der Waals surface area contributed by atoms with Gasteiger partial charge < -0.3 is 14.9 Å². The molecule has 0 saturated carbocycles. The molecule has 0 heterocycles.